The van der Waals surface area contributed by atoms with E-state index < -0.39 is 11.8 Å². The monoisotopic (exact) mass is 424 g/mol. The Kier molecular flexibility index (Phi) is 5.71. The van der Waals surface area contributed by atoms with Crippen molar-refractivity contribution < 1.29 is 18.7 Å². The smallest absolute Gasteiger partial charge is 0.411 e. The normalized spacial score (nSPS) is 21.1. The second-order valence-corrected chi connectivity index (χ2v) is 8.15. The Hall–Kier alpha value is -3.29. The third-order valence-electron chi connectivity index (χ3n) is 5.73. The number of Topliss-reactive ketones (excluding diaryl/α,β-unsaturated/α-hetero) is 1. The molecule has 0 aliphatic heterocycles. The van der Waals surface area contributed by atoms with E-state index in [1.807, 2.05) is 22.9 Å². The lowest BCUT2D eigenvalue weighted by Gasteiger charge is -2.30. The summed E-state index contributed by atoms with van der Waals surface area (Å²) in [6.45, 7) is 3.62. The lowest BCUT2D eigenvalue weighted by Crippen LogP contribution is -2.29. The first-order chi connectivity index (χ1) is 14.9. The van der Waals surface area contributed by atoms with Crippen LogP contribution in [0.25, 0.3) is 16.7 Å². The predicted octanol–water partition coefficient (Wildman–Crippen LogP) is 5.09. The number of ether oxygens (including phenoxy) is 1. The third-order valence-corrected chi connectivity index (χ3v) is 5.73. The zero-order valence-corrected chi connectivity index (χ0v) is 17.6. The summed E-state index contributed by atoms with van der Waals surface area (Å²) in [4.78, 5) is 33.2. The molecule has 1 aliphatic carbocycles. The molecule has 0 radical (unpaired) electrons. The molecule has 0 aromatic carbocycles. The molecular formula is C23H25FN4O3. The van der Waals surface area contributed by atoms with E-state index in [4.69, 9.17) is 4.74 Å². The van der Waals surface area contributed by atoms with Crippen LogP contribution in [0.5, 0.6) is 0 Å². The van der Waals surface area contributed by atoms with Crippen LogP contribution < -0.4 is 5.32 Å². The number of nitrogens with one attached hydrogen (secondary N) is 1. The molecule has 0 saturated heterocycles. The summed E-state index contributed by atoms with van der Waals surface area (Å²) in [6.07, 6.45) is 8.03. The summed E-state index contributed by atoms with van der Waals surface area (Å²) >= 11 is 0. The van der Waals surface area contributed by atoms with Gasteiger partial charge in [-0.25, -0.2) is 14.2 Å². The molecule has 3 aromatic rings. The van der Waals surface area contributed by atoms with Crippen LogP contribution in [0.2, 0.25) is 0 Å². The van der Waals surface area contributed by atoms with Gasteiger partial charge in [-0.1, -0.05) is 0 Å². The number of hydrogen-bond donors (Lipinski definition) is 1. The lowest BCUT2D eigenvalue weighted by atomic mass is 9.78. The zero-order chi connectivity index (χ0) is 22.0. The van der Waals surface area contributed by atoms with Crippen LogP contribution in [0.3, 0.4) is 0 Å². The molecular weight excluding hydrogens is 399 g/mol. The first kappa shape index (κ1) is 21.0. The minimum absolute atomic E-state index is 0.0277. The number of alkyl halides is 1. The largest absolute Gasteiger partial charge is 0.450 e. The van der Waals surface area contributed by atoms with Crippen LogP contribution in [-0.2, 0) is 4.74 Å². The molecule has 0 unspecified atom stereocenters. The maximum absolute atomic E-state index is 14.1. The predicted molar refractivity (Wildman–Crippen MR) is 115 cm³/mol. The Morgan fingerprint density at radius 2 is 2.03 bits per heavy atom. The molecule has 1 N–H and O–H groups in total. The zero-order valence-electron chi connectivity index (χ0n) is 17.6. The summed E-state index contributed by atoms with van der Waals surface area (Å²) in [5.41, 5.74) is 1.27. The summed E-state index contributed by atoms with van der Waals surface area (Å²) in [6, 6.07) is 5.47. The standard InChI is InChI=1S/C23H25FN4O3/c1-3-31-22(30)27-18-11-19(14-25-13-18)28-9-6-16-10-17(12-26-21(16)28)20(29)15-4-7-23(2,24)8-5-15/h6,9-15H,3-5,7-8H2,1-2H3,(H,27,30). The van der Waals surface area contributed by atoms with E-state index in [0.29, 0.717) is 48.3 Å². The van der Waals surface area contributed by atoms with Gasteiger partial charge in [0, 0.05) is 29.3 Å². The van der Waals surface area contributed by atoms with Crippen LogP contribution in [0.15, 0.2) is 43.0 Å². The molecule has 162 valence electrons. The van der Waals surface area contributed by atoms with Crippen molar-refractivity contribution in [3.63, 3.8) is 0 Å². The lowest BCUT2D eigenvalue weighted by molar-refractivity contribution is 0.0734. The summed E-state index contributed by atoms with van der Waals surface area (Å²) < 4.78 is 20.8. The quantitative estimate of drug-likeness (QED) is 0.577. The highest BCUT2D eigenvalue weighted by molar-refractivity contribution is 6.00. The average molecular weight is 424 g/mol. The molecule has 1 aliphatic rings. The van der Waals surface area contributed by atoms with Gasteiger partial charge in [-0.05, 0) is 57.7 Å². The van der Waals surface area contributed by atoms with Crippen molar-refractivity contribution in [2.75, 3.05) is 11.9 Å². The first-order valence-corrected chi connectivity index (χ1v) is 10.5. The van der Waals surface area contributed by atoms with Gasteiger partial charge in [-0.2, -0.15) is 0 Å². The Labute approximate surface area is 179 Å². The molecule has 1 amide bonds. The van der Waals surface area contributed by atoms with E-state index in [1.165, 1.54) is 6.20 Å². The van der Waals surface area contributed by atoms with E-state index >= 15 is 0 Å². The average Bonchev–Trinajstić information content (AvgIpc) is 3.17. The van der Waals surface area contributed by atoms with Crippen molar-refractivity contribution >= 4 is 28.6 Å². The fraction of sp³-hybridized carbons (Fsp3) is 0.391. The number of amides is 1. The number of anilines is 1. The third kappa shape index (κ3) is 4.57. The summed E-state index contributed by atoms with van der Waals surface area (Å²) in [5, 5.41) is 3.45. The number of hydrogen-bond acceptors (Lipinski definition) is 5. The molecule has 3 aromatic heterocycles. The van der Waals surface area contributed by atoms with Gasteiger partial charge >= 0.3 is 6.09 Å². The number of rotatable bonds is 5. The summed E-state index contributed by atoms with van der Waals surface area (Å²) in [5.74, 6) is -0.125. The molecule has 1 saturated carbocycles. The number of fused-ring (bicyclic) bond motifs is 1. The van der Waals surface area contributed by atoms with Gasteiger partial charge in [0.25, 0.3) is 0 Å². The van der Waals surface area contributed by atoms with Gasteiger partial charge in [-0.3, -0.25) is 19.7 Å². The van der Waals surface area contributed by atoms with Crippen molar-refractivity contribution in [3.8, 4) is 5.69 Å². The van der Waals surface area contributed by atoms with E-state index in [0.717, 1.165) is 5.39 Å². The van der Waals surface area contributed by atoms with Crippen molar-refractivity contribution in [1.82, 2.24) is 14.5 Å². The van der Waals surface area contributed by atoms with Gasteiger partial charge in [0.15, 0.2) is 5.78 Å². The molecule has 7 nitrogen and oxygen atoms in total. The Bertz CT molecular complexity index is 1110. The van der Waals surface area contributed by atoms with E-state index in [-0.39, 0.29) is 18.3 Å². The van der Waals surface area contributed by atoms with Crippen molar-refractivity contribution in [3.05, 3.63) is 48.5 Å². The van der Waals surface area contributed by atoms with Crippen LogP contribution >= 0.6 is 0 Å². The number of carbonyl (C=O) groups is 2. The Morgan fingerprint density at radius 1 is 1.26 bits per heavy atom. The Balaban J connectivity index is 1.56. The van der Waals surface area contributed by atoms with E-state index in [9.17, 15) is 14.0 Å². The van der Waals surface area contributed by atoms with Crippen molar-refractivity contribution in [1.29, 1.82) is 0 Å². The molecule has 31 heavy (non-hydrogen) atoms. The van der Waals surface area contributed by atoms with Gasteiger partial charge in [0.2, 0.25) is 0 Å². The number of halogens is 1. The molecule has 4 rings (SSSR count). The minimum Gasteiger partial charge on any atom is -0.450 e. The summed E-state index contributed by atoms with van der Waals surface area (Å²) in [7, 11) is 0. The van der Waals surface area contributed by atoms with E-state index in [1.54, 1.807) is 32.3 Å². The highest BCUT2D eigenvalue weighted by Crippen LogP contribution is 2.36. The van der Waals surface area contributed by atoms with Crippen molar-refractivity contribution in [2.45, 2.75) is 45.2 Å². The molecule has 0 spiro atoms. The molecule has 0 bridgehead atoms. The van der Waals surface area contributed by atoms with E-state index in [2.05, 4.69) is 15.3 Å². The number of carbonyl (C=O) groups excluding carboxylic acids is 2. The van der Waals surface area contributed by atoms with Crippen LogP contribution in [0.4, 0.5) is 14.9 Å². The maximum atomic E-state index is 14.1. The number of ketones is 1. The highest BCUT2D eigenvalue weighted by Gasteiger charge is 2.34. The topological polar surface area (TPSA) is 86.1 Å². The maximum Gasteiger partial charge on any atom is 0.411 e. The Morgan fingerprint density at radius 3 is 2.77 bits per heavy atom. The molecule has 3 heterocycles. The van der Waals surface area contributed by atoms with Crippen LogP contribution in [0.1, 0.15) is 49.9 Å². The fourth-order valence-corrected chi connectivity index (χ4v) is 4.00. The number of aromatic nitrogens is 3. The second kappa shape index (κ2) is 8.45. The van der Waals surface area contributed by atoms with Crippen LogP contribution in [-0.4, -0.2) is 38.7 Å². The molecule has 0 atom stereocenters. The fourth-order valence-electron chi connectivity index (χ4n) is 4.00. The molecule has 8 heteroatoms. The molecule has 1 fully saturated rings. The number of nitrogens with zero attached hydrogens (tertiary/aromatic N) is 3. The van der Waals surface area contributed by atoms with Crippen LogP contribution in [0, 0.1) is 5.92 Å². The van der Waals surface area contributed by atoms with Gasteiger partial charge in [0.05, 0.1) is 30.4 Å². The first-order valence-electron chi connectivity index (χ1n) is 10.5. The van der Waals surface area contributed by atoms with Gasteiger partial charge < -0.3 is 4.74 Å². The SMILES string of the molecule is CCOC(=O)Nc1cncc(-n2ccc3cc(C(=O)C4CCC(C)(F)CC4)cnc32)c1. The van der Waals surface area contributed by atoms with Gasteiger partial charge in [0.1, 0.15) is 11.3 Å². The number of pyridine rings is 2. The second-order valence-electron chi connectivity index (χ2n) is 8.15. The highest BCUT2D eigenvalue weighted by atomic mass is 19.1. The van der Waals surface area contributed by atoms with Crippen molar-refractivity contribution in [2.24, 2.45) is 5.92 Å². The van der Waals surface area contributed by atoms with Gasteiger partial charge in [-0.15, -0.1) is 0 Å². The minimum atomic E-state index is -1.17.